The first-order chi connectivity index (χ1) is 13.6. The van der Waals surface area contributed by atoms with Gasteiger partial charge in [0.05, 0.1) is 6.10 Å². The van der Waals surface area contributed by atoms with Crippen LogP contribution >= 0.6 is 0 Å². The summed E-state index contributed by atoms with van der Waals surface area (Å²) in [6, 6.07) is 10.8. The molecular formula is C24H34N2O2. The summed E-state index contributed by atoms with van der Waals surface area (Å²) < 4.78 is 0. The van der Waals surface area contributed by atoms with Crippen molar-refractivity contribution in [2.45, 2.75) is 63.5 Å². The molecule has 152 valence electrons. The number of likely N-dealkylation sites (tertiary alicyclic amines) is 2. The summed E-state index contributed by atoms with van der Waals surface area (Å²) >= 11 is 0. The van der Waals surface area contributed by atoms with Gasteiger partial charge < -0.3 is 10.0 Å². The summed E-state index contributed by atoms with van der Waals surface area (Å²) in [7, 11) is 0. The molecule has 0 radical (unpaired) electrons. The molecule has 3 fully saturated rings. The van der Waals surface area contributed by atoms with E-state index in [1.807, 2.05) is 0 Å². The largest absolute Gasteiger partial charge is 0.393 e. The van der Waals surface area contributed by atoms with Crippen LogP contribution in [0.2, 0.25) is 0 Å². The van der Waals surface area contributed by atoms with E-state index in [9.17, 15) is 9.90 Å². The minimum Gasteiger partial charge on any atom is -0.393 e. The number of carbonyl (C=O) groups is 1. The predicted octanol–water partition coefficient (Wildman–Crippen LogP) is 3.71. The van der Waals surface area contributed by atoms with E-state index in [1.54, 1.807) is 0 Å². The third-order valence-corrected chi connectivity index (χ3v) is 7.19. The SMILES string of the molecule is O=C1CCC2(CCN(CC=Cc3ccccc3)CC2)CN1C1CCC(O)CC1. The summed E-state index contributed by atoms with van der Waals surface area (Å²) in [6.45, 7) is 4.21. The molecule has 4 rings (SSSR count). The monoisotopic (exact) mass is 382 g/mol. The van der Waals surface area contributed by atoms with E-state index in [0.29, 0.717) is 23.8 Å². The van der Waals surface area contributed by atoms with Gasteiger partial charge in [0.25, 0.3) is 0 Å². The second-order valence-corrected chi connectivity index (χ2v) is 9.10. The van der Waals surface area contributed by atoms with E-state index in [4.69, 9.17) is 0 Å². The van der Waals surface area contributed by atoms with Gasteiger partial charge in [-0.2, -0.15) is 0 Å². The second kappa shape index (κ2) is 8.79. The van der Waals surface area contributed by atoms with Crippen LogP contribution in [0.1, 0.15) is 56.9 Å². The Morgan fingerprint density at radius 3 is 2.46 bits per heavy atom. The maximum absolute atomic E-state index is 12.6. The Kier molecular flexibility index (Phi) is 6.17. The molecule has 1 spiro atoms. The fourth-order valence-corrected chi connectivity index (χ4v) is 5.27. The van der Waals surface area contributed by atoms with Crippen LogP contribution in [0.5, 0.6) is 0 Å². The molecule has 1 amide bonds. The van der Waals surface area contributed by atoms with Gasteiger partial charge in [-0.1, -0.05) is 42.5 Å². The average molecular weight is 383 g/mol. The van der Waals surface area contributed by atoms with E-state index >= 15 is 0 Å². The summed E-state index contributed by atoms with van der Waals surface area (Å²) in [4.78, 5) is 17.3. The molecule has 1 saturated carbocycles. The number of hydrogen-bond donors (Lipinski definition) is 1. The number of amides is 1. The van der Waals surface area contributed by atoms with Gasteiger partial charge in [0.15, 0.2) is 0 Å². The molecule has 4 nitrogen and oxygen atoms in total. The smallest absolute Gasteiger partial charge is 0.222 e. The zero-order valence-corrected chi connectivity index (χ0v) is 16.9. The number of benzene rings is 1. The first-order valence-electron chi connectivity index (χ1n) is 11.1. The van der Waals surface area contributed by atoms with Gasteiger partial charge in [0.2, 0.25) is 5.91 Å². The van der Waals surface area contributed by atoms with Gasteiger partial charge in [0.1, 0.15) is 0 Å². The van der Waals surface area contributed by atoms with E-state index < -0.39 is 0 Å². The Morgan fingerprint density at radius 1 is 1.04 bits per heavy atom. The highest BCUT2D eigenvalue weighted by molar-refractivity contribution is 5.77. The van der Waals surface area contributed by atoms with Crippen LogP contribution in [-0.2, 0) is 4.79 Å². The molecule has 4 heteroatoms. The summed E-state index contributed by atoms with van der Waals surface area (Å²) in [5.74, 6) is 0.347. The molecular weight excluding hydrogens is 348 g/mol. The van der Waals surface area contributed by atoms with Crippen molar-refractivity contribution in [2.24, 2.45) is 5.41 Å². The zero-order chi connectivity index (χ0) is 19.4. The molecule has 1 aliphatic carbocycles. The van der Waals surface area contributed by atoms with Crippen LogP contribution in [0.4, 0.5) is 0 Å². The molecule has 0 bridgehead atoms. The summed E-state index contributed by atoms with van der Waals surface area (Å²) in [5, 5.41) is 9.79. The minimum absolute atomic E-state index is 0.155. The molecule has 3 aliphatic rings. The Labute approximate surface area is 169 Å². The molecule has 0 unspecified atom stereocenters. The minimum atomic E-state index is -0.155. The van der Waals surface area contributed by atoms with Crippen LogP contribution < -0.4 is 0 Å². The van der Waals surface area contributed by atoms with Crippen molar-refractivity contribution in [1.82, 2.24) is 9.80 Å². The highest BCUT2D eigenvalue weighted by Gasteiger charge is 2.43. The van der Waals surface area contributed by atoms with Crippen molar-refractivity contribution in [1.29, 1.82) is 0 Å². The Bertz CT molecular complexity index is 671. The average Bonchev–Trinajstić information content (AvgIpc) is 2.73. The van der Waals surface area contributed by atoms with Crippen LogP contribution in [0.3, 0.4) is 0 Å². The topological polar surface area (TPSA) is 43.8 Å². The third kappa shape index (κ3) is 4.66. The number of hydrogen-bond acceptors (Lipinski definition) is 3. The van der Waals surface area contributed by atoms with Crippen LogP contribution in [0, 0.1) is 5.41 Å². The lowest BCUT2D eigenvalue weighted by Crippen LogP contribution is -2.55. The van der Waals surface area contributed by atoms with Gasteiger partial charge in [-0.25, -0.2) is 0 Å². The fourth-order valence-electron chi connectivity index (χ4n) is 5.27. The van der Waals surface area contributed by atoms with Crippen molar-refractivity contribution in [3.8, 4) is 0 Å². The van der Waals surface area contributed by atoms with E-state index in [-0.39, 0.29) is 6.10 Å². The van der Waals surface area contributed by atoms with Crippen molar-refractivity contribution >= 4 is 12.0 Å². The maximum atomic E-state index is 12.6. The summed E-state index contributed by atoms with van der Waals surface area (Å²) in [5.41, 5.74) is 1.58. The lowest BCUT2D eigenvalue weighted by molar-refractivity contribution is -0.143. The highest BCUT2D eigenvalue weighted by atomic mass is 16.3. The number of nitrogens with zero attached hydrogens (tertiary/aromatic N) is 2. The quantitative estimate of drug-likeness (QED) is 0.863. The van der Waals surface area contributed by atoms with Crippen molar-refractivity contribution in [2.75, 3.05) is 26.2 Å². The Hall–Kier alpha value is -1.65. The normalized spacial score (nSPS) is 28.9. The maximum Gasteiger partial charge on any atom is 0.222 e. The highest BCUT2D eigenvalue weighted by Crippen LogP contribution is 2.42. The van der Waals surface area contributed by atoms with Crippen LogP contribution in [-0.4, -0.2) is 59.1 Å². The van der Waals surface area contributed by atoms with E-state index in [0.717, 1.165) is 58.3 Å². The first-order valence-corrected chi connectivity index (χ1v) is 11.1. The standard InChI is InChI=1S/C24H34N2O2/c27-22-10-8-21(9-11-22)26-19-24(13-12-23(26)28)14-17-25(18-15-24)16-4-7-20-5-2-1-3-6-20/h1-7,21-22,27H,8-19H2. The summed E-state index contributed by atoms with van der Waals surface area (Å²) in [6.07, 6.45) is 12.2. The van der Waals surface area contributed by atoms with Gasteiger partial charge in [0, 0.05) is 25.6 Å². The fraction of sp³-hybridized carbons (Fsp3) is 0.625. The molecule has 0 atom stereocenters. The number of aliphatic hydroxyl groups excluding tert-OH is 1. The number of carbonyl (C=O) groups excluding carboxylic acids is 1. The third-order valence-electron chi connectivity index (χ3n) is 7.19. The number of aliphatic hydroxyl groups is 1. The molecule has 28 heavy (non-hydrogen) atoms. The predicted molar refractivity (Wildman–Crippen MR) is 113 cm³/mol. The van der Waals surface area contributed by atoms with Crippen LogP contribution in [0.15, 0.2) is 36.4 Å². The molecule has 2 aliphatic heterocycles. The van der Waals surface area contributed by atoms with Gasteiger partial charge in [-0.15, -0.1) is 0 Å². The van der Waals surface area contributed by atoms with Gasteiger partial charge in [-0.3, -0.25) is 9.69 Å². The van der Waals surface area contributed by atoms with Crippen molar-refractivity contribution in [3.63, 3.8) is 0 Å². The Morgan fingerprint density at radius 2 is 1.75 bits per heavy atom. The van der Waals surface area contributed by atoms with E-state index in [1.165, 1.54) is 18.4 Å². The van der Waals surface area contributed by atoms with E-state index in [2.05, 4.69) is 52.3 Å². The lowest BCUT2D eigenvalue weighted by atomic mass is 9.71. The lowest BCUT2D eigenvalue weighted by Gasteiger charge is -2.50. The van der Waals surface area contributed by atoms with Crippen molar-refractivity contribution < 1.29 is 9.90 Å². The number of piperidine rings is 2. The van der Waals surface area contributed by atoms with Gasteiger partial charge >= 0.3 is 0 Å². The van der Waals surface area contributed by atoms with Crippen LogP contribution in [0.25, 0.3) is 6.08 Å². The molecule has 2 saturated heterocycles. The Balaban J connectivity index is 1.29. The molecule has 2 heterocycles. The first kappa shape index (κ1) is 19.7. The van der Waals surface area contributed by atoms with Crippen molar-refractivity contribution in [3.05, 3.63) is 42.0 Å². The zero-order valence-electron chi connectivity index (χ0n) is 16.9. The number of rotatable bonds is 4. The van der Waals surface area contributed by atoms with Gasteiger partial charge in [-0.05, 0) is 69.0 Å². The second-order valence-electron chi connectivity index (χ2n) is 9.10. The molecule has 1 aromatic carbocycles. The molecule has 1 N–H and O–H groups in total. The molecule has 1 aromatic rings. The molecule has 0 aromatic heterocycles.